The van der Waals surface area contributed by atoms with E-state index in [1.54, 1.807) is 11.8 Å². The highest BCUT2D eigenvalue weighted by Gasteiger charge is 2.30. The number of amides is 1. The zero-order valence-corrected chi connectivity index (χ0v) is 14.4. The van der Waals surface area contributed by atoms with Crippen LogP contribution in [0.25, 0.3) is 0 Å². The first-order valence-corrected chi connectivity index (χ1v) is 8.08. The largest absolute Gasteiger partial charge is 0.408 e. The molecule has 0 radical (unpaired) electrons. The van der Waals surface area contributed by atoms with Gasteiger partial charge >= 0.3 is 6.18 Å². The number of aromatic nitrogens is 5. The van der Waals surface area contributed by atoms with E-state index < -0.39 is 18.6 Å². The molecule has 0 aliphatic carbocycles. The minimum absolute atomic E-state index is 0.138. The van der Waals surface area contributed by atoms with E-state index >= 15 is 0 Å². The number of aryl methyl sites for hydroxylation is 2. The van der Waals surface area contributed by atoms with Crippen molar-refractivity contribution in [3.8, 4) is 0 Å². The second-order valence-electron chi connectivity index (χ2n) is 6.21. The van der Waals surface area contributed by atoms with Crippen LogP contribution in [0.2, 0.25) is 0 Å². The number of carbonyl (C=O) groups is 1. The number of alkyl halides is 3. The first-order chi connectivity index (χ1) is 12.2. The van der Waals surface area contributed by atoms with Crippen molar-refractivity contribution in [1.29, 1.82) is 0 Å². The Kier molecular flexibility index (Phi) is 4.99. The molecule has 142 valence electrons. The zero-order chi connectivity index (χ0) is 18.9. The fraction of sp³-hybridized carbons (Fsp3) is 0.600. The van der Waals surface area contributed by atoms with Crippen LogP contribution in [0.5, 0.6) is 0 Å². The number of nitrogens with zero attached hydrogens (tertiary/aromatic N) is 5. The first-order valence-electron chi connectivity index (χ1n) is 8.08. The maximum atomic E-state index is 12.5. The maximum absolute atomic E-state index is 12.5. The van der Waals surface area contributed by atoms with E-state index in [2.05, 4.69) is 20.5 Å². The molecule has 1 N–H and O–H groups in total. The monoisotopic (exact) mass is 372 g/mol. The molecule has 2 aromatic heterocycles. The third-order valence-corrected chi connectivity index (χ3v) is 4.04. The molecule has 0 bridgehead atoms. The highest BCUT2D eigenvalue weighted by molar-refractivity contribution is 5.95. The average molecular weight is 372 g/mol. The van der Waals surface area contributed by atoms with Crippen molar-refractivity contribution in [3.63, 3.8) is 0 Å². The summed E-state index contributed by atoms with van der Waals surface area (Å²) in [6.45, 7) is 1.05. The Labute approximate surface area is 147 Å². The number of methoxy groups -OCH3 is 1. The number of fused-ring (bicyclic) bond motifs is 1. The molecule has 0 aromatic carbocycles. The van der Waals surface area contributed by atoms with E-state index in [-0.39, 0.29) is 17.3 Å². The van der Waals surface area contributed by atoms with Crippen molar-refractivity contribution < 1.29 is 22.7 Å². The normalized spacial score (nSPS) is 17.2. The molecule has 3 rings (SSSR count). The topological polar surface area (TPSA) is 86.9 Å². The van der Waals surface area contributed by atoms with Gasteiger partial charge in [-0.05, 0) is 13.3 Å². The lowest BCUT2D eigenvalue weighted by molar-refractivity contribution is -0.142. The van der Waals surface area contributed by atoms with Crippen LogP contribution in [0.3, 0.4) is 0 Å². The van der Waals surface area contributed by atoms with Crippen LogP contribution in [-0.4, -0.2) is 49.8 Å². The van der Waals surface area contributed by atoms with Crippen LogP contribution in [-0.2, 0) is 30.9 Å². The van der Waals surface area contributed by atoms with E-state index in [1.807, 2.05) is 0 Å². The van der Waals surface area contributed by atoms with Gasteiger partial charge in [0.05, 0.1) is 17.8 Å². The summed E-state index contributed by atoms with van der Waals surface area (Å²) in [6.07, 6.45) is -1.95. The Bertz CT molecular complexity index is 798. The summed E-state index contributed by atoms with van der Waals surface area (Å²) in [5, 5.41) is 10.9. The Morgan fingerprint density at radius 1 is 1.42 bits per heavy atom. The summed E-state index contributed by atoms with van der Waals surface area (Å²) in [7, 11) is 1.56. The highest BCUT2D eigenvalue weighted by Crippen LogP contribution is 2.19. The highest BCUT2D eigenvalue weighted by atomic mass is 19.4. The molecule has 1 aliphatic rings. The molecule has 8 nitrogen and oxygen atoms in total. The Morgan fingerprint density at radius 2 is 2.19 bits per heavy atom. The van der Waals surface area contributed by atoms with Crippen LogP contribution >= 0.6 is 0 Å². The summed E-state index contributed by atoms with van der Waals surface area (Å²) in [4.78, 5) is 16.8. The van der Waals surface area contributed by atoms with Crippen molar-refractivity contribution in [2.75, 3.05) is 7.11 Å². The molecule has 2 aromatic rings. The number of hydrogen-bond acceptors (Lipinski definition) is 5. The number of halogens is 3. The van der Waals surface area contributed by atoms with Gasteiger partial charge in [0.1, 0.15) is 19.0 Å². The number of nitrogens with one attached hydrogen (secondary N) is 1. The first kappa shape index (κ1) is 18.4. The molecular weight excluding hydrogens is 353 g/mol. The van der Waals surface area contributed by atoms with E-state index in [1.165, 1.54) is 6.92 Å². The lowest BCUT2D eigenvalue weighted by Gasteiger charge is -2.23. The average Bonchev–Trinajstić information content (AvgIpc) is 3.08. The number of rotatable bonds is 5. The fourth-order valence-corrected chi connectivity index (χ4v) is 2.94. The maximum Gasteiger partial charge on any atom is 0.408 e. The van der Waals surface area contributed by atoms with Crippen molar-refractivity contribution in [1.82, 2.24) is 29.9 Å². The second-order valence-corrected chi connectivity index (χ2v) is 6.21. The summed E-state index contributed by atoms with van der Waals surface area (Å²) >= 11 is 0. The molecule has 0 saturated heterocycles. The van der Waals surface area contributed by atoms with Gasteiger partial charge in [0, 0.05) is 25.8 Å². The van der Waals surface area contributed by atoms with Crippen LogP contribution in [0.4, 0.5) is 13.2 Å². The standard InChI is InChI=1S/C15H19F3N6O2/c1-9-11(6-23(21-9)8-15(16,17)18)14(25)19-10-3-4-13-20-12(7-26-2)22-24(13)5-10/h6,10H,3-5,7-8H2,1-2H3,(H,19,25). The van der Waals surface area contributed by atoms with Crippen LogP contribution in [0.1, 0.15) is 34.1 Å². The molecule has 1 aliphatic heterocycles. The lowest BCUT2D eigenvalue weighted by Crippen LogP contribution is -2.41. The van der Waals surface area contributed by atoms with Crippen LogP contribution in [0.15, 0.2) is 6.20 Å². The van der Waals surface area contributed by atoms with Gasteiger partial charge in [-0.25, -0.2) is 9.67 Å². The zero-order valence-electron chi connectivity index (χ0n) is 14.4. The number of ether oxygens (including phenoxy) is 1. The van der Waals surface area contributed by atoms with Crippen LogP contribution in [0, 0.1) is 6.92 Å². The van der Waals surface area contributed by atoms with Gasteiger partial charge in [0.15, 0.2) is 5.82 Å². The molecule has 0 spiro atoms. The van der Waals surface area contributed by atoms with Gasteiger partial charge in [-0.15, -0.1) is 0 Å². The smallest absolute Gasteiger partial charge is 0.377 e. The van der Waals surface area contributed by atoms with Crippen molar-refractivity contribution >= 4 is 5.91 Å². The molecule has 1 unspecified atom stereocenters. The number of carbonyl (C=O) groups excluding carboxylic acids is 1. The van der Waals surface area contributed by atoms with E-state index in [0.29, 0.717) is 31.8 Å². The Hall–Kier alpha value is -2.43. The summed E-state index contributed by atoms with van der Waals surface area (Å²) in [5.41, 5.74) is 0.394. The summed E-state index contributed by atoms with van der Waals surface area (Å²) in [6, 6.07) is -0.183. The lowest BCUT2D eigenvalue weighted by atomic mass is 10.1. The minimum atomic E-state index is -4.39. The summed E-state index contributed by atoms with van der Waals surface area (Å²) in [5.74, 6) is 0.970. The molecule has 1 amide bonds. The third-order valence-electron chi connectivity index (χ3n) is 4.04. The van der Waals surface area contributed by atoms with Crippen molar-refractivity contribution in [3.05, 3.63) is 29.1 Å². The number of hydrogen-bond donors (Lipinski definition) is 1. The molecule has 0 fully saturated rings. The van der Waals surface area contributed by atoms with Gasteiger partial charge in [-0.3, -0.25) is 9.48 Å². The molecule has 26 heavy (non-hydrogen) atoms. The third kappa shape index (κ3) is 4.21. The molecular formula is C15H19F3N6O2. The van der Waals surface area contributed by atoms with E-state index in [9.17, 15) is 18.0 Å². The van der Waals surface area contributed by atoms with Crippen molar-refractivity contribution in [2.24, 2.45) is 0 Å². The second kappa shape index (κ2) is 7.06. The predicted molar refractivity (Wildman–Crippen MR) is 83.3 cm³/mol. The molecule has 0 saturated carbocycles. The van der Waals surface area contributed by atoms with Gasteiger partial charge in [-0.2, -0.15) is 23.4 Å². The predicted octanol–water partition coefficient (Wildman–Crippen LogP) is 1.24. The Balaban J connectivity index is 1.65. The van der Waals surface area contributed by atoms with E-state index in [0.717, 1.165) is 16.7 Å². The van der Waals surface area contributed by atoms with Crippen LogP contribution < -0.4 is 5.32 Å². The summed E-state index contributed by atoms with van der Waals surface area (Å²) < 4.78 is 44.9. The molecule has 3 heterocycles. The van der Waals surface area contributed by atoms with Crippen molar-refractivity contribution in [2.45, 2.75) is 51.7 Å². The van der Waals surface area contributed by atoms with Gasteiger partial charge in [0.2, 0.25) is 0 Å². The van der Waals surface area contributed by atoms with E-state index in [4.69, 9.17) is 4.74 Å². The quantitative estimate of drug-likeness (QED) is 0.853. The van der Waals surface area contributed by atoms with Gasteiger partial charge in [0.25, 0.3) is 5.91 Å². The molecule has 1 atom stereocenters. The minimum Gasteiger partial charge on any atom is -0.377 e. The molecule has 11 heteroatoms. The fourth-order valence-electron chi connectivity index (χ4n) is 2.94. The van der Waals surface area contributed by atoms with Gasteiger partial charge < -0.3 is 10.1 Å². The Morgan fingerprint density at radius 3 is 2.88 bits per heavy atom. The van der Waals surface area contributed by atoms with Gasteiger partial charge in [-0.1, -0.05) is 0 Å². The SMILES string of the molecule is COCc1nc2n(n1)CC(NC(=O)c1cn(CC(F)(F)F)nc1C)CC2.